The van der Waals surface area contributed by atoms with Crippen molar-refractivity contribution in [2.45, 2.75) is 26.4 Å². The molecule has 0 amide bonds. The van der Waals surface area contributed by atoms with Crippen molar-refractivity contribution >= 4 is 5.97 Å². The quantitative estimate of drug-likeness (QED) is 0.749. The smallest absolute Gasteiger partial charge is 0.320 e. The van der Waals surface area contributed by atoms with Gasteiger partial charge in [0.2, 0.25) is 0 Å². The highest BCUT2D eigenvalue weighted by Crippen LogP contribution is 2.04. The molecular weight excluding hydrogens is 194 g/mol. The van der Waals surface area contributed by atoms with E-state index < -0.39 is 12.0 Å². The molecule has 0 fully saturated rings. The molecule has 0 aromatic carbocycles. The van der Waals surface area contributed by atoms with E-state index in [1.54, 1.807) is 10.9 Å². The molecule has 0 radical (unpaired) electrons. The summed E-state index contributed by atoms with van der Waals surface area (Å²) in [4.78, 5) is 10.9. The van der Waals surface area contributed by atoms with Crippen LogP contribution in [0.15, 0.2) is 12.3 Å². The van der Waals surface area contributed by atoms with Gasteiger partial charge in [0.05, 0.1) is 5.69 Å². The molecular formula is C10H17N3O2. The number of carboxylic acids is 1. The van der Waals surface area contributed by atoms with Crippen LogP contribution in [0.3, 0.4) is 0 Å². The van der Waals surface area contributed by atoms with Crippen LogP contribution in [0.4, 0.5) is 0 Å². The highest BCUT2D eigenvalue weighted by molar-refractivity contribution is 5.73. The number of nitrogens with one attached hydrogen (secondary N) is 1. The number of aryl methyl sites for hydroxylation is 1. The van der Waals surface area contributed by atoms with Crippen molar-refractivity contribution in [2.75, 3.05) is 0 Å². The second kappa shape index (κ2) is 4.93. The fourth-order valence-corrected chi connectivity index (χ4v) is 1.40. The van der Waals surface area contributed by atoms with Crippen molar-refractivity contribution in [3.63, 3.8) is 0 Å². The Morgan fingerprint density at radius 1 is 1.67 bits per heavy atom. The Morgan fingerprint density at radius 2 is 2.33 bits per heavy atom. The number of hydrogen-bond acceptors (Lipinski definition) is 3. The average molecular weight is 211 g/mol. The van der Waals surface area contributed by atoms with Gasteiger partial charge in [-0.2, -0.15) is 5.10 Å². The lowest BCUT2D eigenvalue weighted by atomic mass is 10.0. The van der Waals surface area contributed by atoms with Crippen LogP contribution >= 0.6 is 0 Å². The molecule has 1 aromatic heterocycles. The molecule has 1 heterocycles. The van der Waals surface area contributed by atoms with Crippen LogP contribution in [0.2, 0.25) is 0 Å². The minimum absolute atomic E-state index is 0.0655. The van der Waals surface area contributed by atoms with E-state index in [0.29, 0.717) is 6.54 Å². The minimum atomic E-state index is -0.813. The Bertz CT molecular complexity index is 333. The van der Waals surface area contributed by atoms with E-state index in [0.717, 1.165) is 5.69 Å². The van der Waals surface area contributed by atoms with Crippen LogP contribution in [0.1, 0.15) is 19.5 Å². The third-order valence-electron chi connectivity index (χ3n) is 2.36. The number of rotatable bonds is 5. The van der Waals surface area contributed by atoms with Crippen LogP contribution in [-0.2, 0) is 18.4 Å². The Balaban J connectivity index is 2.55. The molecule has 84 valence electrons. The molecule has 1 unspecified atom stereocenters. The van der Waals surface area contributed by atoms with Gasteiger partial charge in [0.25, 0.3) is 0 Å². The highest BCUT2D eigenvalue weighted by atomic mass is 16.4. The van der Waals surface area contributed by atoms with Crippen molar-refractivity contribution in [3.8, 4) is 0 Å². The molecule has 1 rings (SSSR count). The molecule has 0 aliphatic rings. The molecule has 0 spiro atoms. The summed E-state index contributed by atoms with van der Waals surface area (Å²) in [5.74, 6) is -0.747. The zero-order chi connectivity index (χ0) is 11.4. The van der Waals surface area contributed by atoms with Gasteiger partial charge in [0, 0.05) is 19.8 Å². The van der Waals surface area contributed by atoms with Crippen LogP contribution < -0.4 is 5.32 Å². The molecule has 1 atom stereocenters. The Labute approximate surface area is 89.1 Å². The first-order chi connectivity index (χ1) is 7.02. The summed E-state index contributed by atoms with van der Waals surface area (Å²) in [6.45, 7) is 4.29. The van der Waals surface area contributed by atoms with Crippen LogP contribution in [0.5, 0.6) is 0 Å². The zero-order valence-electron chi connectivity index (χ0n) is 9.27. The summed E-state index contributed by atoms with van der Waals surface area (Å²) in [5.41, 5.74) is 0.974. The highest BCUT2D eigenvalue weighted by Gasteiger charge is 2.20. The molecule has 5 nitrogen and oxygen atoms in total. The predicted octanol–water partition coefficient (Wildman–Crippen LogP) is 0.619. The van der Waals surface area contributed by atoms with Gasteiger partial charge in [0.15, 0.2) is 0 Å². The van der Waals surface area contributed by atoms with E-state index in [9.17, 15) is 4.79 Å². The van der Waals surface area contributed by atoms with Crippen molar-refractivity contribution in [1.29, 1.82) is 0 Å². The maximum absolute atomic E-state index is 10.9. The maximum atomic E-state index is 10.9. The first-order valence-corrected chi connectivity index (χ1v) is 4.95. The Kier molecular flexibility index (Phi) is 3.85. The first-order valence-electron chi connectivity index (χ1n) is 4.95. The first kappa shape index (κ1) is 11.7. The molecule has 0 aliphatic carbocycles. The van der Waals surface area contributed by atoms with E-state index in [-0.39, 0.29) is 5.92 Å². The van der Waals surface area contributed by atoms with Crippen molar-refractivity contribution < 1.29 is 9.90 Å². The van der Waals surface area contributed by atoms with E-state index in [1.165, 1.54) is 0 Å². The largest absolute Gasteiger partial charge is 0.480 e. The van der Waals surface area contributed by atoms with Gasteiger partial charge >= 0.3 is 5.97 Å². The summed E-state index contributed by atoms with van der Waals surface area (Å²) in [6, 6.07) is 1.35. The van der Waals surface area contributed by atoms with E-state index >= 15 is 0 Å². The molecule has 5 heteroatoms. The number of aliphatic carboxylic acids is 1. The standard InChI is InChI=1S/C10H17N3O2/c1-7(2)9(10(14)15)11-6-8-4-5-12-13(8)3/h4-5,7,9,11H,6H2,1-3H3,(H,14,15). The summed E-state index contributed by atoms with van der Waals surface area (Å²) in [6.07, 6.45) is 1.70. The van der Waals surface area contributed by atoms with Gasteiger partial charge in [-0.1, -0.05) is 13.8 Å². The van der Waals surface area contributed by atoms with Gasteiger partial charge in [-0.05, 0) is 12.0 Å². The van der Waals surface area contributed by atoms with Crippen LogP contribution in [0.25, 0.3) is 0 Å². The van der Waals surface area contributed by atoms with E-state index in [2.05, 4.69) is 10.4 Å². The third-order valence-corrected chi connectivity index (χ3v) is 2.36. The lowest BCUT2D eigenvalue weighted by molar-refractivity contribution is -0.140. The lowest BCUT2D eigenvalue weighted by Gasteiger charge is -2.17. The van der Waals surface area contributed by atoms with Gasteiger partial charge in [0.1, 0.15) is 6.04 Å². The zero-order valence-corrected chi connectivity index (χ0v) is 9.27. The lowest BCUT2D eigenvalue weighted by Crippen LogP contribution is -2.40. The summed E-state index contributed by atoms with van der Waals surface area (Å²) >= 11 is 0. The van der Waals surface area contributed by atoms with E-state index in [1.807, 2.05) is 27.0 Å². The Morgan fingerprint density at radius 3 is 2.73 bits per heavy atom. The van der Waals surface area contributed by atoms with Crippen LogP contribution in [0, 0.1) is 5.92 Å². The number of aromatic nitrogens is 2. The van der Waals surface area contributed by atoms with Crippen LogP contribution in [-0.4, -0.2) is 26.9 Å². The number of nitrogens with zero attached hydrogens (tertiary/aromatic N) is 2. The van der Waals surface area contributed by atoms with Crippen molar-refractivity contribution in [3.05, 3.63) is 18.0 Å². The Hall–Kier alpha value is -1.36. The second-order valence-electron chi connectivity index (χ2n) is 3.89. The molecule has 0 aliphatic heterocycles. The number of carbonyl (C=O) groups is 1. The number of carboxylic acid groups (broad SMARTS) is 1. The third kappa shape index (κ3) is 3.06. The van der Waals surface area contributed by atoms with E-state index in [4.69, 9.17) is 5.11 Å². The topological polar surface area (TPSA) is 67.2 Å². The normalized spacial score (nSPS) is 13.1. The SMILES string of the molecule is CC(C)C(NCc1ccnn1C)C(=O)O. The van der Waals surface area contributed by atoms with Gasteiger partial charge in [-0.25, -0.2) is 0 Å². The summed E-state index contributed by atoms with van der Waals surface area (Å²) in [7, 11) is 1.84. The summed E-state index contributed by atoms with van der Waals surface area (Å²) < 4.78 is 1.73. The molecule has 1 aromatic rings. The van der Waals surface area contributed by atoms with Gasteiger partial charge in [-0.15, -0.1) is 0 Å². The van der Waals surface area contributed by atoms with Gasteiger partial charge in [-0.3, -0.25) is 14.8 Å². The fraction of sp³-hybridized carbons (Fsp3) is 0.600. The van der Waals surface area contributed by atoms with Gasteiger partial charge < -0.3 is 5.11 Å². The molecule has 0 saturated heterocycles. The molecule has 0 saturated carbocycles. The molecule has 0 bridgehead atoms. The second-order valence-corrected chi connectivity index (χ2v) is 3.89. The molecule has 2 N–H and O–H groups in total. The maximum Gasteiger partial charge on any atom is 0.320 e. The number of hydrogen-bond donors (Lipinski definition) is 2. The van der Waals surface area contributed by atoms with Crippen molar-refractivity contribution in [1.82, 2.24) is 15.1 Å². The fourth-order valence-electron chi connectivity index (χ4n) is 1.40. The van der Waals surface area contributed by atoms with Crippen molar-refractivity contribution in [2.24, 2.45) is 13.0 Å². The molecule has 15 heavy (non-hydrogen) atoms. The minimum Gasteiger partial charge on any atom is -0.480 e. The monoisotopic (exact) mass is 211 g/mol. The summed E-state index contributed by atoms with van der Waals surface area (Å²) in [5, 5.41) is 16.0. The average Bonchev–Trinajstić information content (AvgIpc) is 2.51. The predicted molar refractivity (Wildman–Crippen MR) is 56.3 cm³/mol.